The Hall–Kier alpha value is -1.66. The summed E-state index contributed by atoms with van der Waals surface area (Å²) in [5, 5.41) is 1.70. The van der Waals surface area contributed by atoms with Gasteiger partial charge in [0, 0.05) is 11.3 Å². The molecule has 4 nitrogen and oxygen atoms in total. The molecule has 1 N–H and O–H groups in total. The van der Waals surface area contributed by atoms with Gasteiger partial charge in [0.25, 0.3) is 10.0 Å². The molecule has 0 saturated carbocycles. The van der Waals surface area contributed by atoms with Crippen LogP contribution in [0, 0.1) is 0 Å². The topological polar surface area (TPSA) is 63.2 Å². The third kappa shape index (κ3) is 2.77. The number of nitrogens with one attached hydrogen (secondary N) is 1. The van der Waals surface area contributed by atoms with Gasteiger partial charge in [-0.1, -0.05) is 6.07 Å². The zero-order chi connectivity index (χ0) is 13.2. The van der Waals surface area contributed by atoms with Crippen molar-refractivity contribution in [2.75, 3.05) is 4.72 Å². The standard InChI is InChI=1S/C12H11NO3S2/c1-9(14)10-4-6-11(7-5-10)13-18(15,16)12-3-2-8-17-12/h2-8,13H,1H3. The van der Waals surface area contributed by atoms with Crippen molar-refractivity contribution in [3.63, 3.8) is 0 Å². The van der Waals surface area contributed by atoms with Crippen molar-refractivity contribution in [1.82, 2.24) is 0 Å². The molecule has 1 aromatic carbocycles. The van der Waals surface area contributed by atoms with Gasteiger partial charge in [-0.05, 0) is 42.6 Å². The Morgan fingerprint density at radius 2 is 1.83 bits per heavy atom. The molecule has 0 unspecified atom stereocenters. The molecule has 0 amide bonds. The Bertz CT molecular complexity index is 643. The van der Waals surface area contributed by atoms with Gasteiger partial charge >= 0.3 is 0 Å². The van der Waals surface area contributed by atoms with Gasteiger partial charge in [0.2, 0.25) is 0 Å². The lowest BCUT2D eigenvalue weighted by molar-refractivity contribution is 0.101. The first-order chi connectivity index (χ1) is 8.49. The van der Waals surface area contributed by atoms with Gasteiger partial charge < -0.3 is 0 Å². The first kappa shape index (κ1) is 12.8. The number of hydrogen-bond donors (Lipinski definition) is 1. The molecule has 6 heteroatoms. The van der Waals surface area contributed by atoms with E-state index < -0.39 is 10.0 Å². The minimum absolute atomic E-state index is 0.0531. The number of carbonyl (C=O) groups is 1. The van der Waals surface area contributed by atoms with E-state index in [0.29, 0.717) is 11.3 Å². The van der Waals surface area contributed by atoms with E-state index in [1.807, 2.05) is 0 Å². The maximum absolute atomic E-state index is 11.9. The van der Waals surface area contributed by atoms with Crippen LogP contribution in [0.25, 0.3) is 0 Å². The highest BCUT2D eigenvalue weighted by Gasteiger charge is 2.14. The quantitative estimate of drug-likeness (QED) is 0.876. The van der Waals surface area contributed by atoms with Crippen LogP contribution in [0.15, 0.2) is 46.0 Å². The summed E-state index contributed by atoms with van der Waals surface area (Å²) in [6.07, 6.45) is 0. The summed E-state index contributed by atoms with van der Waals surface area (Å²) in [7, 11) is -3.52. The van der Waals surface area contributed by atoms with Gasteiger partial charge in [-0.3, -0.25) is 9.52 Å². The number of rotatable bonds is 4. The van der Waals surface area contributed by atoms with Crippen LogP contribution in [0.5, 0.6) is 0 Å². The average molecular weight is 281 g/mol. The van der Waals surface area contributed by atoms with Gasteiger partial charge in [0.15, 0.2) is 5.78 Å². The lowest BCUT2D eigenvalue weighted by atomic mass is 10.1. The van der Waals surface area contributed by atoms with Crippen molar-refractivity contribution >= 4 is 32.8 Å². The maximum Gasteiger partial charge on any atom is 0.271 e. The van der Waals surface area contributed by atoms with Crippen LogP contribution in [0.3, 0.4) is 0 Å². The molecule has 1 aromatic heterocycles. The van der Waals surface area contributed by atoms with Crippen molar-refractivity contribution < 1.29 is 13.2 Å². The van der Waals surface area contributed by atoms with E-state index in [1.165, 1.54) is 13.0 Å². The van der Waals surface area contributed by atoms with Crippen LogP contribution in [-0.4, -0.2) is 14.2 Å². The molecule has 0 aliphatic heterocycles. The summed E-state index contributed by atoms with van der Waals surface area (Å²) in [6.45, 7) is 1.46. The van der Waals surface area contributed by atoms with Crippen molar-refractivity contribution in [2.45, 2.75) is 11.1 Å². The van der Waals surface area contributed by atoms with Crippen LogP contribution in [0.4, 0.5) is 5.69 Å². The molecular weight excluding hydrogens is 270 g/mol. The minimum atomic E-state index is -3.52. The number of thiophene rings is 1. The number of Topliss-reactive ketones (excluding diaryl/α,β-unsaturated/α-hetero) is 1. The predicted molar refractivity (Wildman–Crippen MR) is 71.6 cm³/mol. The van der Waals surface area contributed by atoms with Gasteiger partial charge in [-0.15, -0.1) is 11.3 Å². The average Bonchev–Trinajstić information content (AvgIpc) is 2.83. The van der Waals surface area contributed by atoms with E-state index in [4.69, 9.17) is 0 Å². The molecule has 2 rings (SSSR count). The van der Waals surface area contributed by atoms with Crippen LogP contribution >= 0.6 is 11.3 Å². The number of benzene rings is 1. The summed E-state index contributed by atoms with van der Waals surface area (Å²) in [4.78, 5) is 11.1. The Morgan fingerprint density at radius 3 is 2.33 bits per heavy atom. The highest BCUT2D eigenvalue weighted by atomic mass is 32.2. The van der Waals surface area contributed by atoms with E-state index >= 15 is 0 Å². The summed E-state index contributed by atoms with van der Waals surface area (Å²) in [5.74, 6) is -0.0531. The first-order valence-corrected chi connectivity index (χ1v) is 7.53. The van der Waals surface area contributed by atoms with Gasteiger partial charge in [-0.25, -0.2) is 8.42 Å². The number of ketones is 1. The fraction of sp³-hybridized carbons (Fsp3) is 0.0833. The highest BCUT2D eigenvalue weighted by molar-refractivity contribution is 7.94. The molecule has 0 aliphatic rings. The van der Waals surface area contributed by atoms with Crippen LogP contribution < -0.4 is 4.72 Å². The normalized spacial score (nSPS) is 11.2. The molecule has 0 radical (unpaired) electrons. The zero-order valence-corrected chi connectivity index (χ0v) is 11.2. The van der Waals surface area contributed by atoms with E-state index in [2.05, 4.69) is 4.72 Å². The highest BCUT2D eigenvalue weighted by Crippen LogP contribution is 2.20. The third-order valence-electron chi connectivity index (χ3n) is 2.30. The second-order valence-corrected chi connectivity index (χ2v) is 6.53. The third-order valence-corrected chi connectivity index (χ3v) is 5.08. The molecule has 0 atom stereocenters. The molecular formula is C12H11NO3S2. The fourth-order valence-corrected chi connectivity index (χ4v) is 3.45. The molecule has 0 saturated heterocycles. The Labute approximate surface area is 109 Å². The Morgan fingerprint density at radius 1 is 1.17 bits per heavy atom. The zero-order valence-electron chi connectivity index (χ0n) is 9.58. The van der Waals surface area contributed by atoms with Gasteiger partial charge in [0.05, 0.1) is 0 Å². The van der Waals surface area contributed by atoms with Crippen molar-refractivity contribution in [3.05, 3.63) is 47.3 Å². The monoisotopic (exact) mass is 281 g/mol. The molecule has 1 heterocycles. The first-order valence-electron chi connectivity index (χ1n) is 5.16. The van der Waals surface area contributed by atoms with E-state index in [9.17, 15) is 13.2 Å². The SMILES string of the molecule is CC(=O)c1ccc(NS(=O)(=O)c2cccs2)cc1. The van der Waals surface area contributed by atoms with Crippen molar-refractivity contribution in [3.8, 4) is 0 Å². The predicted octanol–water partition coefficient (Wildman–Crippen LogP) is 2.75. The van der Waals surface area contributed by atoms with Gasteiger partial charge in [0.1, 0.15) is 4.21 Å². The summed E-state index contributed by atoms with van der Waals surface area (Å²) in [6, 6.07) is 9.54. The van der Waals surface area contributed by atoms with Crippen molar-refractivity contribution in [1.29, 1.82) is 0 Å². The second kappa shape index (κ2) is 4.91. The van der Waals surface area contributed by atoms with Crippen LogP contribution in [0.2, 0.25) is 0 Å². The fourth-order valence-electron chi connectivity index (χ4n) is 1.39. The maximum atomic E-state index is 11.9. The second-order valence-electron chi connectivity index (χ2n) is 3.67. The number of anilines is 1. The minimum Gasteiger partial charge on any atom is -0.295 e. The van der Waals surface area contributed by atoms with E-state index in [0.717, 1.165) is 11.3 Å². The van der Waals surface area contributed by atoms with Gasteiger partial charge in [-0.2, -0.15) is 0 Å². The molecule has 18 heavy (non-hydrogen) atoms. The molecule has 0 fully saturated rings. The smallest absolute Gasteiger partial charge is 0.271 e. The molecule has 2 aromatic rings. The summed E-state index contributed by atoms with van der Waals surface area (Å²) >= 11 is 1.15. The lowest BCUT2D eigenvalue weighted by Gasteiger charge is -2.06. The molecule has 0 aliphatic carbocycles. The number of hydrogen-bond acceptors (Lipinski definition) is 4. The number of sulfonamides is 1. The number of carbonyl (C=O) groups excluding carboxylic acids is 1. The molecule has 0 bridgehead atoms. The van der Waals surface area contributed by atoms with Crippen LogP contribution in [0.1, 0.15) is 17.3 Å². The van der Waals surface area contributed by atoms with Crippen LogP contribution in [-0.2, 0) is 10.0 Å². The summed E-state index contributed by atoms with van der Waals surface area (Å²) in [5.41, 5.74) is 0.988. The Balaban J connectivity index is 2.22. The largest absolute Gasteiger partial charge is 0.295 e. The molecule has 0 spiro atoms. The van der Waals surface area contributed by atoms with E-state index in [-0.39, 0.29) is 9.99 Å². The molecule has 94 valence electrons. The van der Waals surface area contributed by atoms with Crippen molar-refractivity contribution in [2.24, 2.45) is 0 Å². The summed E-state index contributed by atoms with van der Waals surface area (Å²) < 4.78 is 26.5. The lowest BCUT2D eigenvalue weighted by Crippen LogP contribution is -2.11. The van der Waals surface area contributed by atoms with E-state index in [1.54, 1.807) is 35.7 Å². The Kier molecular flexibility index (Phi) is 3.49.